The Bertz CT molecular complexity index is 286. The van der Waals surface area contributed by atoms with E-state index in [-0.39, 0.29) is 24.2 Å². The quantitative estimate of drug-likeness (QED) is 0.753. The van der Waals surface area contributed by atoms with Crippen molar-refractivity contribution in [3.05, 3.63) is 0 Å². The van der Waals surface area contributed by atoms with Crippen molar-refractivity contribution >= 4 is 11.9 Å². The fourth-order valence-electron chi connectivity index (χ4n) is 2.63. The first-order valence-corrected chi connectivity index (χ1v) is 5.53. The summed E-state index contributed by atoms with van der Waals surface area (Å²) in [6.45, 7) is 0.743. The summed E-state index contributed by atoms with van der Waals surface area (Å²) in [5, 5.41) is 8.85. The number of amides is 1. The lowest BCUT2D eigenvalue weighted by Gasteiger charge is -2.20. The number of carboxylic acid groups (broad SMARTS) is 1. The third kappa shape index (κ3) is 2.30. The van der Waals surface area contributed by atoms with E-state index >= 15 is 0 Å². The first-order chi connectivity index (χ1) is 7.08. The number of rotatable bonds is 4. The molecule has 0 radical (unpaired) electrons. The zero-order valence-corrected chi connectivity index (χ0v) is 8.98. The summed E-state index contributed by atoms with van der Waals surface area (Å²) < 4.78 is 0. The van der Waals surface area contributed by atoms with E-state index in [0.717, 1.165) is 19.4 Å². The fourth-order valence-corrected chi connectivity index (χ4v) is 2.63. The minimum Gasteiger partial charge on any atom is -0.481 e. The molecule has 0 spiro atoms. The van der Waals surface area contributed by atoms with Gasteiger partial charge in [-0.15, -0.1) is 0 Å². The molecule has 2 rings (SSSR count). The topological polar surface area (TPSA) is 57.6 Å². The van der Waals surface area contributed by atoms with E-state index in [1.54, 1.807) is 11.9 Å². The Hall–Kier alpha value is -1.06. The van der Waals surface area contributed by atoms with Crippen LogP contribution in [0.5, 0.6) is 0 Å². The first-order valence-electron chi connectivity index (χ1n) is 5.53. The van der Waals surface area contributed by atoms with Gasteiger partial charge in [0.05, 0.1) is 0 Å². The van der Waals surface area contributed by atoms with Gasteiger partial charge in [-0.25, -0.2) is 0 Å². The zero-order chi connectivity index (χ0) is 11.0. The predicted octanol–water partition coefficient (Wildman–Crippen LogP) is 0.966. The van der Waals surface area contributed by atoms with Gasteiger partial charge in [0.2, 0.25) is 5.91 Å². The lowest BCUT2D eigenvalue weighted by Crippen LogP contribution is -2.24. The van der Waals surface area contributed by atoms with Crippen molar-refractivity contribution in [2.75, 3.05) is 13.6 Å². The van der Waals surface area contributed by atoms with Gasteiger partial charge < -0.3 is 10.0 Å². The lowest BCUT2D eigenvalue weighted by molar-refractivity contribution is -0.139. The molecule has 0 aromatic carbocycles. The van der Waals surface area contributed by atoms with Crippen LogP contribution in [0.4, 0.5) is 0 Å². The molecule has 84 valence electrons. The van der Waals surface area contributed by atoms with Gasteiger partial charge >= 0.3 is 5.97 Å². The maximum atomic E-state index is 11.4. The molecule has 1 aliphatic heterocycles. The minimum atomic E-state index is -0.728. The summed E-state index contributed by atoms with van der Waals surface area (Å²) in [5.41, 5.74) is 0. The van der Waals surface area contributed by atoms with Gasteiger partial charge in [0, 0.05) is 26.4 Å². The molecule has 2 aliphatic rings. The molecule has 2 fully saturated rings. The van der Waals surface area contributed by atoms with Crippen molar-refractivity contribution in [1.29, 1.82) is 0 Å². The van der Waals surface area contributed by atoms with Gasteiger partial charge in [0.25, 0.3) is 0 Å². The molecule has 15 heavy (non-hydrogen) atoms. The van der Waals surface area contributed by atoms with Crippen LogP contribution in [0.2, 0.25) is 0 Å². The second kappa shape index (κ2) is 3.83. The molecule has 4 heteroatoms. The Kier molecular flexibility index (Phi) is 2.67. The zero-order valence-electron chi connectivity index (χ0n) is 8.98. The largest absolute Gasteiger partial charge is 0.481 e. The molecular formula is C11H17NO3. The average Bonchev–Trinajstić information content (AvgIpc) is 2.91. The third-order valence-electron chi connectivity index (χ3n) is 3.61. The van der Waals surface area contributed by atoms with E-state index < -0.39 is 5.97 Å². The second-order valence-corrected chi connectivity index (χ2v) is 4.84. The van der Waals surface area contributed by atoms with E-state index in [9.17, 15) is 9.59 Å². The average molecular weight is 211 g/mol. The highest BCUT2D eigenvalue weighted by Gasteiger charge is 2.41. The molecule has 2 atom stereocenters. The maximum absolute atomic E-state index is 11.4. The van der Waals surface area contributed by atoms with Crippen LogP contribution in [-0.4, -0.2) is 35.5 Å². The van der Waals surface area contributed by atoms with Crippen LogP contribution < -0.4 is 0 Å². The number of hydrogen-bond acceptors (Lipinski definition) is 2. The van der Waals surface area contributed by atoms with E-state index in [2.05, 4.69) is 0 Å². The second-order valence-electron chi connectivity index (χ2n) is 4.84. The van der Waals surface area contributed by atoms with Gasteiger partial charge in [-0.2, -0.15) is 0 Å². The summed E-state index contributed by atoms with van der Waals surface area (Å²) in [7, 11) is 1.80. The lowest BCUT2D eigenvalue weighted by atomic mass is 9.85. The summed E-state index contributed by atoms with van der Waals surface area (Å²) in [4.78, 5) is 23.9. The standard InChI is InChI=1S/C11H17NO3/c1-12-6-8(4-10(12)13)9(5-11(14)15)7-2-3-7/h7-9H,2-6H2,1H3,(H,14,15). The Morgan fingerprint density at radius 2 is 2.20 bits per heavy atom. The summed E-state index contributed by atoms with van der Waals surface area (Å²) in [5.74, 6) is 0.484. The molecule has 4 nitrogen and oxygen atoms in total. The highest BCUT2D eigenvalue weighted by molar-refractivity contribution is 5.78. The molecule has 0 aromatic heterocycles. The SMILES string of the molecule is CN1CC(C(CC(=O)O)C2CC2)CC1=O. The van der Waals surface area contributed by atoms with Crippen LogP contribution in [0.3, 0.4) is 0 Å². The predicted molar refractivity (Wildman–Crippen MR) is 54.2 cm³/mol. The van der Waals surface area contributed by atoms with Crippen molar-refractivity contribution in [3.63, 3.8) is 0 Å². The molecule has 0 aromatic rings. The van der Waals surface area contributed by atoms with Gasteiger partial charge in [-0.3, -0.25) is 9.59 Å². The molecule has 1 amide bonds. The highest BCUT2D eigenvalue weighted by Crippen LogP contribution is 2.44. The number of carbonyl (C=O) groups is 2. The number of hydrogen-bond donors (Lipinski definition) is 1. The van der Waals surface area contributed by atoms with Crippen molar-refractivity contribution < 1.29 is 14.7 Å². The normalized spacial score (nSPS) is 28.2. The Labute approximate surface area is 89.3 Å². The van der Waals surface area contributed by atoms with Gasteiger partial charge in [-0.1, -0.05) is 0 Å². The minimum absolute atomic E-state index is 0.163. The van der Waals surface area contributed by atoms with Gasteiger partial charge in [-0.05, 0) is 30.6 Å². The van der Waals surface area contributed by atoms with Crippen LogP contribution in [0.1, 0.15) is 25.7 Å². The number of nitrogens with zero attached hydrogens (tertiary/aromatic N) is 1. The summed E-state index contributed by atoms with van der Waals surface area (Å²) in [6.07, 6.45) is 3.07. The number of aliphatic carboxylic acids is 1. The van der Waals surface area contributed by atoms with Crippen molar-refractivity contribution in [3.8, 4) is 0 Å². The molecule has 1 saturated heterocycles. The molecule has 0 bridgehead atoms. The van der Waals surface area contributed by atoms with E-state index in [0.29, 0.717) is 12.3 Å². The van der Waals surface area contributed by atoms with Crippen molar-refractivity contribution in [2.24, 2.45) is 17.8 Å². The van der Waals surface area contributed by atoms with E-state index in [1.807, 2.05) is 0 Å². The van der Waals surface area contributed by atoms with Crippen LogP contribution in [-0.2, 0) is 9.59 Å². The summed E-state index contributed by atoms with van der Waals surface area (Å²) in [6, 6.07) is 0. The number of likely N-dealkylation sites (tertiary alicyclic amines) is 1. The Morgan fingerprint density at radius 1 is 1.53 bits per heavy atom. The smallest absolute Gasteiger partial charge is 0.303 e. The van der Waals surface area contributed by atoms with Gasteiger partial charge in [0.15, 0.2) is 0 Å². The maximum Gasteiger partial charge on any atom is 0.303 e. The van der Waals surface area contributed by atoms with Crippen LogP contribution in [0.15, 0.2) is 0 Å². The third-order valence-corrected chi connectivity index (χ3v) is 3.61. The van der Waals surface area contributed by atoms with Crippen LogP contribution in [0.25, 0.3) is 0 Å². The molecular weight excluding hydrogens is 194 g/mol. The first kappa shape index (κ1) is 10.5. The molecule has 1 aliphatic carbocycles. The molecule has 1 saturated carbocycles. The monoisotopic (exact) mass is 211 g/mol. The highest BCUT2D eigenvalue weighted by atomic mass is 16.4. The number of carbonyl (C=O) groups excluding carboxylic acids is 1. The Morgan fingerprint density at radius 3 is 2.60 bits per heavy atom. The van der Waals surface area contributed by atoms with Crippen LogP contribution in [0, 0.1) is 17.8 Å². The van der Waals surface area contributed by atoms with Crippen molar-refractivity contribution in [2.45, 2.75) is 25.7 Å². The van der Waals surface area contributed by atoms with Crippen molar-refractivity contribution in [1.82, 2.24) is 4.90 Å². The van der Waals surface area contributed by atoms with E-state index in [4.69, 9.17) is 5.11 Å². The molecule has 2 unspecified atom stereocenters. The van der Waals surface area contributed by atoms with E-state index in [1.165, 1.54) is 0 Å². The Balaban J connectivity index is 1.99. The molecule has 1 heterocycles. The number of carboxylic acids is 1. The van der Waals surface area contributed by atoms with Gasteiger partial charge in [0.1, 0.15) is 0 Å². The van der Waals surface area contributed by atoms with Crippen LogP contribution >= 0.6 is 0 Å². The molecule has 1 N–H and O–H groups in total. The summed E-state index contributed by atoms with van der Waals surface area (Å²) >= 11 is 0. The fraction of sp³-hybridized carbons (Fsp3) is 0.818.